The summed E-state index contributed by atoms with van der Waals surface area (Å²) in [5, 5.41) is 19.3. The largest absolute Gasteiger partial charge is 0.504 e. The molecule has 1 aliphatic rings. The minimum absolute atomic E-state index is 0.00700. The average molecular weight is 310 g/mol. The predicted molar refractivity (Wildman–Crippen MR) is 87.8 cm³/mol. The van der Waals surface area contributed by atoms with Crippen LogP contribution < -0.4 is 4.74 Å². The van der Waals surface area contributed by atoms with E-state index in [9.17, 15) is 15.0 Å². The smallest absolute Gasteiger partial charge is 0.232 e. The number of benzene rings is 2. The van der Waals surface area contributed by atoms with Crippen molar-refractivity contribution in [3.63, 3.8) is 0 Å². The van der Waals surface area contributed by atoms with Gasteiger partial charge in [-0.25, -0.2) is 0 Å². The molecule has 1 aliphatic heterocycles. The molecule has 0 aliphatic carbocycles. The molecule has 0 saturated carbocycles. The zero-order chi connectivity index (χ0) is 16.8. The van der Waals surface area contributed by atoms with Gasteiger partial charge in [-0.1, -0.05) is 45.0 Å². The second-order valence-corrected chi connectivity index (χ2v) is 6.62. The van der Waals surface area contributed by atoms with Gasteiger partial charge in [-0.05, 0) is 34.8 Å². The Morgan fingerprint density at radius 1 is 1.00 bits per heavy atom. The molecule has 118 valence electrons. The van der Waals surface area contributed by atoms with Crippen LogP contribution in [0.3, 0.4) is 0 Å². The van der Waals surface area contributed by atoms with Gasteiger partial charge in [0.05, 0.1) is 5.56 Å². The number of hydrogen-bond donors (Lipinski definition) is 2. The lowest BCUT2D eigenvalue weighted by atomic mass is 9.86. The van der Waals surface area contributed by atoms with Crippen molar-refractivity contribution in [1.29, 1.82) is 0 Å². The molecule has 0 bridgehead atoms. The number of ether oxygens (including phenoxy) is 1. The van der Waals surface area contributed by atoms with Gasteiger partial charge in [0.1, 0.15) is 0 Å². The number of aromatic hydroxyl groups is 2. The van der Waals surface area contributed by atoms with Crippen molar-refractivity contribution in [1.82, 2.24) is 0 Å². The van der Waals surface area contributed by atoms with E-state index in [4.69, 9.17) is 4.74 Å². The summed E-state index contributed by atoms with van der Waals surface area (Å²) in [6.07, 6.45) is 1.63. The molecule has 2 N–H and O–H groups in total. The molecule has 1 heterocycles. The summed E-state index contributed by atoms with van der Waals surface area (Å²) in [5.74, 6) is -0.901. The Bertz CT molecular complexity index is 808. The number of allylic oxidation sites excluding steroid dienone is 1. The second kappa shape index (κ2) is 5.16. The highest BCUT2D eigenvalue weighted by Crippen LogP contribution is 2.44. The molecule has 2 aromatic carbocycles. The van der Waals surface area contributed by atoms with Crippen LogP contribution in [0, 0.1) is 0 Å². The number of hydrogen-bond acceptors (Lipinski definition) is 4. The van der Waals surface area contributed by atoms with Crippen molar-refractivity contribution in [2.75, 3.05) is 0 Å². The van der Waals surface area contributed by atoms with E-state index in [-0.39, 0.29) is 34.0 Å². The Balaban J connectivity index is 1.93. The first kappa shape index (κ1) is 15.2. The lowest BCUT2D eigenvalue weighted by Crippen LogP contribution is -2.10. The van der Waals surface area contributed by atoms with Gasteiger partial charge in [0, 0.05) is 0 Å². The summed E-state index contributed by atoms with van der Waals surface area (Å²) in [4.78, 5) is 12.3. The number of carbonyl (C=O) groups is 1. The monoisotopic (exact) mass is 310 g/mol. The first-order chi connectivity index (χ1) is 10.8. The zero-order valence-electron chi connectivity index (χ0n) is 13.3. The Morgan fingerprint density at radius 2 is 1.65 bits per heavy atom. The molecule has 0 amide bonds. The first-order valence-corrected chi connectivity index (χ1v) is 7.37. The minimum atomic E-state index is -0.415. The summed E-state index contributed by atoms with van der Waals surface area (Å²) >= 11 is 0. The maximum absolute atomic E-state index is 12.3. The van der Waals surface area contributed by atoms with Gasteiger partial charge in [0.25, 0.3) is 0 Å². The molecule has 2 aromatic rings. The fourth-order valence-corrected chi connectivity index (χ4v) is 2.46. The first-order valence-electron chi connectivity index (χ1n) is 7.37. The highest BCUT2D eigenvalue weighted by atomic mass is 16.5. The molecule has 0 aromatic heterocycles. The van der Waals surface area contributed by atoms with Crippen molar-refractivity contribution in [2.24, 2.45) is 0 Å². The highest BCUT2D eigenvalue weighted by Gasteiger charge is 2.31. The van der Waals surface area contributed by atoms with E-state index in [1.54, 1.807) is 6.08 Å². The summed E-state index contributed by atoms with van der Waals surface area (Å²) in [5.41, 5.74) is 2.34. The molecular formula is C19H18O4. The molecule has 0 fully saturated rings. The Morgan fingerprint density at radius 3 is 2.26 bits per heavy atom. The molecule has 4 heteroatoms. The molecule has 0 atom stereocenters. The molecular weight excluding hydrogens is 292 g/mol. The van der Waals surface area contributed by atoms with Crippen LogP contribution in [0.4, 0.5) is 0 Å². The SMILES string of the molecule is CC(C)(C)c1ccc(C=C2Oc3c(ccc(O)c3O)C2=O)cc1. The topological polar surface area (TPSA) is 66.8 Å². The van der Waals surface area contributed by atoms with E-state index < -0.39 is 5.75 Å². The predicted octanol–water partition coefficient (Wildman–Crippen LogP) is 4.01. The van der Waals surface area contributed by atoms with Crippen LogP contribution in [0.1, 0.15) is 42.3 Å². The fraction of sp³-hybridized carbons (Fsp3) is 0.211. The standard InChI is InChI=1S/C19H18O4/c1-19(2,3)12-6-4-11(5-7-12)10-15-16(21)13-8-9-14(20)17(22)18(13)23-15/h4-10,20,22H,1-3H3. The van der Waals surface area contributed by atoms with Gasteiger partial charge in [0.15, 0.2) is 17.3 Å². The van der Waals surface area contributed by atoms with Crippen molar-refractivity contribution >= 4 is 11.9 Å². The second-order valence-electron chi connectivity index (χ2n) is 6.62. The van der Waals surface area contributed by atoms with Gasteiger partial charge in [-0.3, -0.25) is 4.79 Å². The Kier molecular flexibility index (Phi) is 3.40. The summed E-state index contributed by atoms with van der Waals surface area (Å²) < 4.78 is 5.43. The van der Waals surface area contributed by atoms with Gasteiger partial charge in [-0.15, -0.1) is 0 Å². The third-order valence-corrected chi connectivity index (χ3v) is 3.87. The molecule has 0 unspecified atom stereocenters. The van der Waals surface area contributed by atoms with Crippen LogP contribution in [-0.4, -0.2) is 16.0 Å². The van der Waals surface area contributed by atoms with E-state index >= 15 is 0 Å². The van der Waals surface area contributed by atoms with Crippen LogP contribution in [-0.2, 0) is 5.41 Å². The van der Waals surface area contributed by atoms with Crippen molar-refractivity contribution in [3.8, 4) is 17.2 Å². The normalized spacial score (nSPS) is 15.6. The van der Waals surface area contributed by atoms with Crippen molar-refractivity contribution < 1.29 is 19.7 Å². The van der Waals surface area contributed by atoms with E-state index in [0.717, 1.165) is 5.56 Å². The Hall–Kier alpha value is -2.75. The number of Topliss-reactive ketones (excluding diaryl/α,β-unsaturated/α-hetero) is 1. The number of ketones is 1. The maximum atomic E-state index is 12.3. The third kappa shape index (κ3) is 2.68. The number of rotatable bonds is 1. The summed E-state index contributed by atoms with van der Waals surface area (Å²) in [6, 6.07) is 10.6. The molecule has 23 heavy (non-hydrogen) atoms. The van der Waals surface area contributed by atoms with Gasteiger partial charge in [0.2, 0.25) is 11.5 Å². The van der Waals surface area contributed by atoms with Crippen LogP contribution >= 0.6 is 0 Å². The third-order valence-electron chi connectivity index (χ3n) is 3.87. The molecule has 0 saturated heterocycles. The molecule has 3 rings (SSSR count). The molecule has 0 radical (unpaired) electrons. The van der Waals surface area contributed by atoms with Crippen LogP contribution in [0.5, 0.6) is 17.2 Å². The summed E-state index contributed by atoms with van der Waals surface area (Å²) in [7, 11) is 0. The Labute approximate surface area is 134 Å². The minimum Gasteiger partial charge on any atom is -0.504 e. The highest BCUT2D eigenvalue weighted by molar-refractivity contribution is 6.15. The lowest BCUT2D eigenvalue weighted by Gasteiger charge is -2.18. The quantitative estimate of drug-likeness (QED) is 0.617. The zero-order valence-corrected chi connectivity index (χ0v) is 13.3. The molecule has 0 spiro atoms. The fourth-order valence-electron chi connectivity index (χ4n) is 2.46. The van der Waals surface area contributed by atoms with E-state index in [0.29, 0.717) is 0 Å². The average Bonchev–Trinajstić information content (AvgIpc) is 2.80. The van der Waals surface area contributed by atoms with E-state index in [2.05, 4.69) is 20.8 Å². The molecule has 4 nitrogen and oxygen atoms in total. The van der Waals surface area contributed by atoms with Crippen LogP contribution in [0.15, 0.2) is 42.2 Å². The van der Waals surface area contributed by atoms with Crippen LogP contribution in [0.2, 0.25) is 0 Å². The lowest BCUT2D eigenvalue weighted by molar-refractivity contribution is 0.101. The van der Waals surface area contributed by atoms with E-state index in [1.165, 1.54) is 17.7 Å². The number of phenolic OH excluding ortho intramolecular Hbond substituents is 2. The van der Waals surface area contributed by atoms with Gasteiger partial charge < -0.3 is 14.9 Å². The number of phenols is 2. The van der Waals surface area contributed by atoms with Crippen LogP contribution in [0.25, 0.3) is 6.08 Å². The van der Waals surface area contributed by atoms with Gasteiger partial charge in [-0.2, -0.15) is 0 Å². The number of fused-ring (bicyclic) bond motifs is 1. The van der Waals surface area contributed by atoms with E-state index in [1.807, 2.05) is 24.3 Å². The van der Waals surface area contributed by atoms with Gasteiger partial charge >= 0.3 is 0 Å². The number of carbonyl (C=O) groups excluding carboxylic acids is 1. The maximum Gasteiger partial charge on any atom is 0.232 e. The van der Waals surface area contributed by atoms with Crippen molar-refractivity contribution in [2.45, 2.75) is 26.2 Å². The van der Waals surface area contributed by atoms with Crippen molar-refractivity contribution in [3.05, 3.63) is 58.8 Å². The summed E-state index contributed by atoms with van der Waals surface area (Å²) in [6.45, 7) is 6.40.